The fraction of sp³-hybridized carbons (Fsp3) is 0.366. The number of nitrogens with one attached hydrogen (secondary N) is 2. The quantitative estimate of drug-likeness (QED) is 0.0974. The molecule has 0 spiro atoms. The molecule has 4 amide bonds. The van der Waals surface area contributed by atoms with E-state index in [1.807, 2.05) is 13.8 Å². The number of carbonyl (C=O) groups excluding carboxylic acids is 2. The van der Waals surface area contributed by atoms with Crippen molar-refractivity contribution in [1.82, 2.24) is 29.7 Å². The average Bonchev–Trinajstić information content (AvgIpc) is 3.84. The van der Waals surface area contributed by atoms with Crippen molar-refractivity contribution in [3.8, 4) is 0 Å². The average molecular weight is 931 g/mol. The number of pyridine rings is 2. The summed E-state index contributed by atoms with van der Waals surface area (Å²) in [6.07, 6.45) is -0.818. The van der Waals surface area contributed by atoms with Gasteiger partial charge in [0.15, 0.2) is 45.2 Å². The Morgan fingerprint density at radius 2 is 1.36 bits per heavy atom. The number of rotatable bonds is 8. The van der Waals surface area contributed by atoms with Crippen LogP contribution in [-0.4, -0.2) is 126 Å². The number of benzene rings is 2. The Balaban J connectivity index is 0.000000191. The largest absolute Gasteiger partial charge is 0.393 e. The van der Waals surface area contributed by atoms with E-state index < -0.39 is 54.2 Å². The van der Waals surface area contributed by atoms with Crippen LogP contribution < -0.4 is 20.4 Å². The van der Waals surface area contributed by atoms with Gasteiger partial charge in [-0.05, 0) is 57.2 Å². The fourth-order valence-corrected chi connectivity index (χ4v) is 8.98. The number of aliphatic hydroxyl groups excluding tert-OH is 4. The zero-order chi connectivity index (χ0) is 46.0. The third kappa shape index (κ3) is 10.2. The van der Waals surface area contributed by atoms with Crippen LogP contribution in [0.4, 0.5) is 53.4 Å². The van der Waals surface area contributed by atoms with Crippen LogP contribution in [0.5, 0.6) is 0 Å². The summed E-state index contributed by atoms with van der Waals surface area (Å²) in [6.45, 7) is 6.49. The van der Waals surface area contributed by atoms with Crippen LogP contribution in [-0.2, 0) is 0 Å². The highest BCUT2D eigenvalue weighted by Crippen LogP contribution is 2.31. The highest BCUT2D eigenvalue weighted by Gasteiger charge is 2.32. The number of halogens is 5. The molecule has 0 bridgehead atoms. The third-order valence-electron chi connectivity index (χ3n) is 10.6. The molecule has 6 aromatic rings. The van der Waals surface area contributed by atoms with Gasteiger partial charge in [0.1, 0.15) is 18.0 Å². The zero-order valence-electron chi connectivity index (χ0n) is 34.4. The molecule has 2 fully saturated rings. The summed E-state index contributed by atoms with van der Waals surface area (Å²) >= 11 is 2.23. The van der Waals surface area contributed by atoms with Crippen molar-refractivity contribution in [3.63, 3.8) is 0 Å². The normalized spacial score (nSPS) is 18.1. The van der Waals surface area contributed by atoms with Gasteiger partial charge in [0.25, 0.3) is 0 Å². The van der Waals surface area contributed by atoms with Crippen molar-refractivity contribution in [1.29, 1.82) is 0 Å². The Labute approximate surface area is 370 Å². The molecule has 0 saturated carbocycles. The number of carbonyl (C=O) groups is 2. The smallest absolute Gasteiger partial charge is 0.324 e. The van der Waals surface area contributed by atoms with Crippen LogP contribution in [0.15, 0.2) is 54.9 Å². The van der Waals surface area contributed by atoms with Gasteiger partial charge < -0.3 is 40.0 Å². The summed E-state index contributed by atoms with van der Waals surface area (Å²) in [5.74, 6) is -3.36. The van der Waals surface area contributed by atoms with E-state index in [2.05, 4.69) is 30.6 Å². The first kappa shape index (κ1) is 46.2. The highest BCUT2D eigenvalue weighted by molar-refractivity contribution is 7.22. The molecule has 4 aromatic heterocycles. The maximum absolute atomic E-state index is 14.6. The van der Waals surface area contributed by atoms with Crippen molar-refractivity contribution in [2.45, 2.75) is 51.2 Å². The molecular formula is C41H43F5N10O6S2. The zero-order valence-corrected chi connectivity index (χ0v) is 36.1. The first-order valence-electron chi connectivity index (χ1n) is 19.9. The highest BCUT2D eigenvalue weighted by atomic mass is 32.1. The molecule has 0 unspecified atom stereocenters. The van der Waals surface area contributed by atoms with E-state index in [0.717, 1.165) is 29.5 Å². The van der Waals surface area contributed by atoms with E-state index in [1.165, 1.54) is 53.8 Å². The summed E-state index contributed by atoms with van der Waals surface area (Å²) in [6, 6.07) is 7.31. The number of hydrogen-bond donors (Lipinski definition) is 6. The molecule has 2 saturated heterocycles. The van der Waals surface area contributed by atoms with Crippen LogP contribution >= 0.6 is 22.7 Å². The van der Waals surface area contributed by atoms with Crippen molar-refractivity contribution in [3.05, 3.63) is 95.1 Å². The standard InChI is InChI=1S/C21H23F2N5O3S.C20H20F3N5O3S/c1-11-10-27(19-15(23)7-13(9-24-19)18(30)12(2)29)5-6-28(11)21(31)26-20-25-16-4-3-14(22)8-17(16)32-20;1-10-8-27(2-3-28(10)18-14(23)4-11(7-24-18)16(30)9-29)20(31)26-19-25-15-5-12(21)13(22)6-17(15)32-19/h3-4,7-9,11-12,18,29-30H,5-6,10H2,1-2H3,(H,25,26,31);4-7,10,16,29-30H,2-3,8-9H2,1H3,(H,25,26,31)/t11-,12-,18+;10-,16-/m01/s1. The lowest BCUT2D eigenvalue weighted by Gasteiger charge is -2.40. The lowest BCUT2D eigenvalue weighted by Crippen LogP contribution is -2.55. The number of urea groups is 2. The molecule has 8 rings (SSSR count). The summed E-state index contributed by atoms with van der Waals surface area (Å²) in [7, 11) is 0. The number of hydrogen-bond acceptors (Lipinski definition) is 14. The first-order valence-corrected chi connectivity index (χ1v) is 21.6. The van der Waals surface area contributed by atoms with Crippen molar-refractivity contribution < 1.29 is 52.0 Å². The van der Waals surface area contributed by atoms with E-state index in [9.17, 15) is 46.9 Å². The Kier molecular flexibility index (Phi) is 14.1. The second-order valence-corrected chi connectivity index (χ2v) is 17.3. The predicted molar refractivity (Wildman–Crippen MR) is 231 cm³/mol. The van der Waals surface area contributed by atoms with Gasteiger partial charge in [0.05, 0.1) is 33.1 Å². The maximum Gasteiger partial charge on any atom is 0.324 e. The monoisotopic (exact) mass is 930 g/mol. The molecule has 2 aliphatic rings. The number of amides is 4. The number of anilines is 4. The van der Waals surface area contributed by atoms with Gasteiger partial charge in [-0.25, -0.2) is 51.5 Å². The molecular weight excluding hydrogens is 888 g/mol. The predicted octanol–water partition coefficient (Wildman–Crippen LogP) is 6.00. The van der Waals surface area contributed by atoms with Crippen molar-refractivity contribution >= 4 is 77.1 Å². The van der Waals surface area contributed by atoms with Crippen molar-refractivity contribution in [2.75, 3.05) is 66.3 Å². The number of piperazine rings is 2. The van der Waals surface area contributed by atoms with Crippen LogP contribution in [0, 0.1) is 29.1 Å². The SMILES string of the molecule is C[C@@H]1CN(C(=O)Nc2nc3cc(F)c(F)cc3s2)CCN1c1ncc([C@H](O)CO)cc1F.C[C@H](O)[C@@H](O)c1cnc(N2CCN(C(=O)Nc3nc4ccc(F)cc4s3)[C@@H](C)C2)c(F)c1. The number of fused-ring (bicyclic) bond motifs is 2. The van der Waals surface area contributed by atoms with Gasteiger partial charge in [0.2, 0.25) is 0 Å². The van der Waals surface area contributed by atoms with E-state index >= 15 is 0 Å². The van der Waals surface area contributed by atoms with Crippen LogP contribution in [0.2, 0.25) is 0 Å². The number of nitrogens with zero attached hydrogens (tertiary/aromatic N) is 8. The van der Waals surface area contributed by atoms with Crippen LogP contribution in [0.3, 0.4) is 0 Å². The molecule has 340 valence electrons. The Morgan fingerprint density at radius 1 is 0.734 bits per heavy atom. The molecule has 64 heavy (non-hydrogen) atoms. The van der Waals surface area contributed by atoms with E-state index in [-0.39, 0.29) is 70.4 Å². The summed E-state index contributed by atoms with van der Waals surface area (Å²) in [4.78, 5) is 48.7. The van der Waals surface area contributed by atoms with E-state index in [4.69, 9.17) is 5.11 Å². The van der Waals surface area contributed by atoms with Crippen LogP contribution in [0.1, 0.15) is 44.1 Å². The lowest BCUT2D eigenvalue weighted by atomic mass is 10.1. The Morgan fingerprint density at radius 3 is 2.02 bits per heavy atom. The Hall–Kier alpha value is -5.85. The molecule has 5 atom stereocenters. The lowest BCUT2D eigenvalue weighted by molar-refractivity contribution is 0.0301. The van der Waals surface area contributed by atoms with Gasteiger partial charge in [-0.1, -0.05) is 22.7 Å². The molecule has 2 aromatic carbocycles. The minimum atomic E-state index is -1.22. The number of thiazole rings is 2. The second-order valence-electron chi connectivity index (χ2n) is 15.3. The third-order valence-corrected chi connectivity index (χ3v) is 12.5. The van der Waals surface area contributed by atoms with Crippen LogP contribution in [0.25, 0.3) is 20.4 Å². The summed E-state index contributed by atoms with van der Waals surface area (Å²) in [5.41, 5.74) is 1.23. The molecule has 6 N–H and O–H groups in total. The molecule has 0 aliphatic carbocycles. The van der Waals surface area contributed by atoms with Gasteiger partial charge in [-0.3, -0.25) is 10.6 Å². The molecule has 6 heterocycles. The van der Waals surface area contributed by atoms with Gasteiger partial charge in [-0.2, -0.15) is 0 Å². The molecule has 2 aliphatic heterocycles. The molecule has 23 heteroatoms. The fourth-order valence-electron chi connectivity index (χ4n) is 7.23. The number of aliphatic hydroxyl groups is 4. The summed E-state index contributed by atoms with van der Waals surface area (Å²) < 4.78 is 70.4. The maximum atomic E-state index is 14.6. The van der Waals surface area contributed by atoms with Gasteiger partial charge in [0, 0.05) is 80.9 Å². The van der Waals surface area contributed by atoms with Gasteiger partial charge >= 0.3 is 12.1 Å². The van der Waals surface area contributed by atoms with E-state index in [1.54, 1.807) is 20.8 Å². The minimum Gasteiger partial charge on any atom is -0.393 e. The minimum absolute atomic E-state index is 0.0988. The Bertz CT molecular complexity index is 2620. The number of aromatic nitrogens is 4. The first-order chi connectivity index (χ1) is 30.5. The molecule has 16 nitrogen and oxygen atoms in total. The molecule has 0 radical (unpaired) electrons. The topological polar surface area (TPSA) is 204 Å². The van der Waals surface area contributed by atoms with E-state index in [0.29, 0.717) is 46.2 Å². The van der Waals surface area contributed by atoms with Crippen molar-refractivity contribution in [2.24, 2.45) is 0 Å². The second kappa shape index (κ2) is 19.5. The summed E-state index contributed by atoms with van der Waals surface area (Å²) in [5, 5.41) is 44.0. The van der Waals surface area contributed by atoms with Gasteiger partial charge in [-0.15, -0.1) is 0 Å².